The highest BCUT2D eigenvalue weighted by Gasteiger charge is 2.20. The van der Waals surface area contributed by atoms with Crippen LogP contribution in [-0.2, 0) is 6.42 Å². The Kier molecular flexibility index (Phi) is 5.38. The maximum atomic E-state index is 6.30. The minimum atomic E-state index is 0.762. The summed E-state index contributed by atoms with van der Waals surface area (Å²) < 4.78 is 6.30. The van der Waals surface area contributed by atoms with Gasteiger partial charge in [-0.2, -0.15) is 0 Å². The van der Waals surface area contributed by atoms with Gasteiger partial charge in [-0.15, -0.1) is 0 Å². The van der Waals surface area contributed by atoms with E-state index in [0.717, 1.165) is 65.4 Å². The first kappa shape index (κ1) is 19.0. The molecule has 4 nitrogen and oxygen atoms in total. The van der Waals surface area contributed by atoms with E-state index < -0.39 is 0 Å². The zero-order valence-corrected chi connectivity index (χ0v) is 17.6. The van der Waals surface area contributed by atoms with E-state index in [9.17, 15) is 0 Å². The summed E-state index contributed by atoms with van der Waals surface area (Å²) in [7, 11) is 0. The maximum Gasteiger partial charge on any atom is 0.155 e. The third kappa shape index (κ3) is 3.78. The lowest BCUT2D eigenvalue weighted by Gasteiger charge is -2.31. The Labute approximate surface area is 167 Å². The normalized spacial score (nSPS) is 15.0. The smallest absolute Gasteiger partial charge is 0.155 e. The third-order valence-corrected chi connectivity index (χ3v) is 5.65. The molecule has 2 heterocycles. The highest BCUT2D eigenvalue weighted by molar-refractivity contribution is 5.82. The molecule has 0 radical (unpaired) electrons. The highest BCUT2D eigenvalue weighted by atomic mass is 16.3. The van der Waals surface area contributed by atoms with Gasteiger partial charge in [-0.3, -0.25) is 4.99 Å². The highest BCUT2D eigenvalue weighted by Crippen LogP contribution is 2.33. The predicted molar refractivity (Wildman–Crippen MR) is 116 cm³/mol. The van der Waals surface area contributed by atoms with E-state index in [-0.39, 0.29) is 0 Å². The molecular formula is C24H31N3O. The number of anilines is 1. The lowest BCUT2D eigenvalue weighted by molar-refractivity contribution is 0.542. The van der Waals surface area contributed by atoms with Gasteiger partial charge in [0.2, 0.25) is 0 Å². The second kappa shape index (κ2) is 7.94. The molecule has 0 fully saturated rings. The minimum absolute atomic E-state index is 0.762. The Morgan fingerprint density at radius 2 is 2.07 bits per heavy atom. The Balaban J connectivity index is 1.76. The van der Waals surface area contributed by atoms with Crippen molar-refractivity contribution in [2.45, 2.75) is 53.4 Å². The summed E-state index contributed by atoms with van der Waals surface area (Å²) in [5.41, 5.74) is 6.61. The van der Waals surface area contributed by atoms with E-state index in [1.807, 2.05) is 6.07 Å². The lowest BCUT2D eigenvalue weighted by atomic mass is 9.99. The Morgan fingerprint density at radius 3 is 2.86 bits per heavy atom. The molecule has 1 aromatic rings. The second-order valence-corrected chi connectivity index (χ2v) is 8.37. The van der Waals surface area contributed by atoms with Crippen molar-refractivity contribution >= 4 is 16.8 Å². The van der Waals surface area contributed by atoms with Crippen LogP contribution in [0.4, 0.5) is 5.69 Å². The summed E-state index contributed by atoms with van der Waals surface area (Å²) in [6, 6.07) is 8.56. The molecular weight excluding hydrogens is 346 g/mol. The van der Waals surface area contributed by atoms with Crippen LogP contribution in [0.25, 0.3) is 22.6 Å². The molecule has 148 valence electrons. The van der Waals surface area contributed by atoms with Gasteiger partial charge in [0.15, 0.2) is 11.3 Å². The number of hydrogen-bond acceptors (Lipinski definition) is 4. The van der Waals surface area contributed by atoms with Gasteiger partial charge < -0.3 is 9.32 Å². The first-order valence-corrected chi connectivity index (χ1v) is 10.7. The van der Waals surface area contributed by atoms with Crippen LogP contribution in [0.3, 0.4) is 0 Å². The quantitative estimate of drug-likeness (QED) is 0.563. The molecule has 2 aliphatic heterocycles. The van der Waals surface area contributed by atoms with Gasteiger partial charge >= 0.3 is 0 Å². The number of benzene rings is 2. The van der Waals surface area contributed by atoms with Crippen LogP contribution in [-0.4, -0.2) is 24.6 Å². The fourth-order valence-electron chi connectivity index (χ4n) is 4.19. The number of aryl methyl sites for hydroxylation is 2. The summed E-state index contributed by atoms with van der Waals surface area (Å²) in [6.07, 6.45) is 4.85. The lowest BCUT2D eigenvalue weighted by Crippen LogP contribution is -2.30. The molecule has 0 N–H and O–H groups in total. The average Bonchev–Trinajstić information content (AvgIpc) is 2.66. The predicted octanol–water partition coefficient (Wildman–Crippen LogP) is 5.35. The van der Waals surface area contributed by atoms with Gasteiger partial charge in [0.25, 0.3) is 0 Å². The number of hydrogen-bond donors (Lipinski definition) is 0. The Bertz CT molecular complexity index is 1020. The van der Waals surface area contributed by atoms with Crippen molar-refractivity contribution in [2.75, 3.05) is 24.5 Å². The number of nitrogens with zero attached hydrogens (tertiary/aromatic N) is 3. The van der Waals surface area contributed by atoms with Gasteiger partial charge in [-0.25, -0.2) is 4.98 Å². The summed E-state index contributed by atoms with van der Waals surface area (Å²) in [6.45, 7) is 11.8. The zero-order valence-electron chi connectivity index (χ0n) is 17.6. The van der Waals surface area contributed by atoms with Crippen LogP contribution in [0.15, 0.2) is 33.7 Å². The van der Waals surface area contributed by atoms with Crippen LogP contribution in [0.2, 0.25) is 0 Å². The first-order valence-electron chi connectivity index (χ1n) is 10.7. The number of aromatic nitrogens is 1. The topological polar surface area (TPSA) is 41.6 Å². The second-order valence-electron chi connectivity index (χ2n) is 8.37. The molecule has 0 unspecified atom stereocenters. The van der Waals surface area contributed by atoms with E-state index in [2.05, 4.69) is 55.8 Å². The van der Waals surface area contributed by atoms with E-state index >= 15 is 0 Å². The van der Waals surface area contributed by atoms with Crippen molar-refractivity contribution in [3.8, 4) is 11.5 Å². The molecule has 3 aliphatic rings. The van der Waals surface area contributed by atoms with Crippen LogP contribution >= 0.6 is 0 Å². The Hall–Kier alpha value is -2.36. The van der Waals surface area contributed by atoms with Gasteiger partial charge in [-0.05, 0) is 68.7 Å². The summed E-state index contributed by atoms with van der Waals surface area (Å²) in [5, 5.41) is 0.994. The van der Waals surface area contributed by atoms with Crippen LogP contribution in [0, 0.1) is 12.8 Å². The standard InChI is InChI=1S/C24H31N3O/c1-5-25-19-14-23-20(12-17(19)4)26-21-13-18-9-7-11-27(10-6-8-16(2)3)22(18)15-24(21)28-23/h12-16H,5-11H2,1-4H3. The fraction of sp³-hybridized carbons (Fsp3) is 0.500. The molecule has 4 rings (SSSR count). The molecule has 0 atom stereocenters. The van der Waals surface area contributed by atoms with Gasteiger partial charge in [0.1, 0.15) is 11.2 Å². The molecule has 1 aliphatic carbocycles. The molecule has 0 saturated carbocycles. The minimum Gasteiger partial charge on any atom is -0.453 e. The summed E-state index contributed by atoms with van der Waals surface area (Å²) in [4.78, 5) is 12.0. The Morgan fingerprint density at radius 1 is 1.21 bits per heavy atom. The monoisotopic (exact) mass is 377 g/mol. The van der Waals surface area contributed by atoms with E-state index in [1.165, 1.54) is 30.5 Å². The van der Waals surface area contributed by atoms with E-state index in [0.29, 0.717) is 0 Å². The largest absolute Gasteiger partial charge is 0.453 e. The van der Waals surface area contributed by atoms with Crippen LogP contribution in [0.5, 0.6) is 0 Å². The van der Waals surface area contributed by atoms with Crippen molar-refractivity contribution in [1.29, 1.82) is 0 Å². The molecule has 28 heavy (non-hydrogen) atoms. The number of fused-ring (bicyclic) bond motifs is 3. The zero-order chi connectivity index (χ0) is 19.7. The van der Waals surface area contributed by atoms with Crippen molar-refractivity contribution in [3.05, 3.63) is 40.7 Å². The van der Waals surface area contributed by atoms with E-state index in [4.69, 9.17) is 9.40 Å². The van der Waals surface area contributed by atoms with Crippen LogP contribution in [0.1, 0.15) is 51.2 Å². The molecule has 0 aromatic heterocycles. The molecule has 0 spiro atoms. The molecule has 0 saturated heterocycles. The third-order valence-electron chi connectivity index (χ3n) is 5.65. The van der Waals surface area contributed by atoms with Crippen molar-refractivity contribution in [3.63, 3.8) is 0 Å². The maximum absolute atomic E-state index is 6.30. The summed E-state index contributed by atoms with van der Waals surface area (Å²) in [5.74, 6) is 1.57. The molecule has 0 amide bonds. The SMILES string of the molecule is CCN=c1cc2oc3cc4c(cc3nc-2cc1C)CCCN4CCCC(C)C. The summed E-state index contributed by atoms with van der Waals surface area (Å²) >= 11 is 0. The van der Waals surface area contributed by atoms with Gasteiger partial charge in [0, 0.05) is 37.5 Å². The molecule has 4 heteroatoms. The molecule has 0 bridgehead atoms. The molecule has 1 aromatic carbocycles. The van der Waals surface area contributed by atoms with E-state index in [1.54, 1.807) is 0 Å². The van der Waals surface area contributed by atoms with Crippen LogP contribution < -0.4 is 10.3 Å². The average molecular weight is 378 g/mol. The van der Waals surface area contributed by atoms with Crippen molar-refractivity contribution < 1.29 is 4.42 Å². The van der Waals surface area contributed by atoms with Crippen molar-refractivity contribution in [2.24, 2.45) is 10.9 Å². The first-order chi connectivity index (χ1) is 13.5. The van der Waals surface area contributed by atoms with Crippen molar-refractivity contribution in [1.82, 2.24) is 4.98 Å². The van der Waals surface area contributed by atoms with Gasteiger partial charge in [-0.1, -0.05) is 13.8 Å². The van der Waals surface area contributed by atoms with Gasteiger partial charge in [0.05, 0.1) is 5.36 Å². The fourth-order valence-corrected chi connectivity index (χ4v) is 4.19. The number of rotatable bonds is 5.